The van der Waals surface area contributed by atoms with Crippen LogP contribution in [0.1, 0.15) is 120 Å². The van der Waals surface area contributed by atoms with Crippen molar-refractivity contribution in [3.05, 3.63) is 77.3 Å². The lowest BCUT2D eigenvalue weighted by atomic mass is 9.85. The summed E-state index contributed by atoms with van der Waals surface area (Å²) in [5.74, 6) is 0. The molecule has 1 atom stereocenters. The zero-order valence-corrected chi connectivity index (χ0v) is 31.2. The maximum atomic E-state index is 15.1. The first-order chi connectivity index (χ1) is 23.5. The molecule has 0 saturated carbocycles. The van der Waals surface area contributed by atoms with E-state index in [0.29, 0.717) is 22.4 Å². The van der Waals surface area contributed by atoms with E-state index in [4.69, 9.17) is 9.05 Å². The average Bonchev–Trinajstić information content (AvgIpc) is 3.74. The summed E-state index contributed by atoms with van der Waals surface area (Å²) in [6, 6.07) is 12.0. The Hall–Kier alpha value is -2.23. The fourth-order valence-corrected chi connectivity index (χ4v) is 7.58. The van der Waals surface area contributed by atoms with Gasteiger partial charge in [0.1, 0.15) is 13.2 Å². The van der Waals surface area contributed by atoms with E-state index in [1.165, 1.54) is 100 Å². The third-order valence-electron chi connectivity index (χ3n) is 9.76. The standard InChI is InChI=1S/C38H61BF2N3O4P/c1-44(2,3)31-33-48-49(45,46)47-32-19-17-15-13-11-9-7-5-4-6-8-10-12-14-16-18-22-34-25-27-35(28-26-34)38-36-23-20-29-42(36)39(40,41)43-30-21-24-37(38)43/h20-21,23-29H,4-19,22,30-33H2,1-3H3,(H,45,46). The van der Waals surface area contributed by atoms with Gasteiger partial charge >= 0.3 is 14.8 Å². The molecule has 2 aliphatic heterocycles. The predicted octanol–water partition coefficient (Wildman–Crippen LogP) is 9.98. The van der Waals surface area contributed by atoms with Crippen molar-refractivity contribution in [3.63, 3.8) is 0 Å². The van der Waals surface area contributed by atoms with Crippen molar-refractivity contribution in [2.75, 3.05) is 47.4 Å². The predicted molar refractivity (Wildman–Crippen MR) is 198 cm³/mol. The number of fused-ring (bicyclic) bond motifs is 2. The molecule has 1 aromatic carbocycles. The number of benzene rings is 1. The Morgan fingerprint density at radius 2 is 1.31 bits per heavy atom. The lowest BCUT2D eigenvalue weighted by Gasteiger charge is -2.45. The smallest absolute Gasteiger partial charge is 0.466 e. The first-order valence-corrected chi connectivity index (χ1v) is 20.4. The van der Waals surface area contributed by atoms with Gasteiger partial charge in [-0.3, -0.25) is 9.05 Å². The first-order valence-electron chi connectivity index (χ1n) is 18.9. The highest BCUT2D eigenvalue weighted by Gasteiger charge is 2.42. The monoisotopic (exact) mass is 703 g/mol. The van der Waals surface area contributed by atoms with Crippen molar-refractivity contribution in [2.24, 2.45) is 0 Å². The number of phosphoric acid groups is 1. The summed E-state index contributed by atoms with van der Waals surface area (Å²) in [5.41, 5.74) is 4.41. The number of aryl methyl sites for hydroxylation is 1. The molecule has 0 fully saturated rings. The third-order valence-corrected chi connectivity index (χ3v) is 10.8. The molecule has 2 aromatic rings. The molecule has 0 radical (unpaired) electrons. The summed E-state index contributed by atoms with van der Waals surface area (Å²) < 4.78 is 54.0. The molecule has 0 saturated heterocycles. The average molecular weight is 704 g/mol. The van der Waals surface area contributed by atoms with Crippen molar-refractivity contribution >= 4 is 20.4 Å². The summed E-state index contributed by atoms with van der Waals surface area (Å²) >= 11 is 0. The fraction of sp³-hybridized carbons (Fsp3) is 0.632. The Morgan fingerprint density at radius 1 is 0.776 bits per heavy atom. The van der Waals surface area contributed by atoms with E-state index in [0.717, 1.165) is 41.3 Å². The maximum Gasteiger partial charge on any atom is 0.529 e. The van der Waals surface area contributed by atoms with Crippen LogP contribution in [-0.4, -0.2) is 73.1 Å². The van der Waals surface area contributed by atoms with Gasteiger partial charge in [0.2, 0.25) is 0 Å². The Labute approximate surface area is 294 Å². The van der Waals surface area contributed by atoms with E-state index in [9.17, 15) is 9.46 Å². The molecule has 0 spiro atoms. The van der Waals surface area contributed by atoms with E-state index in [1.54, 1.807) is 12.1 Å². The molecule has 274 valence electrons. The molecular weight excluding hydrogens is 642 g/mol. The third kappa shape index (κ3) is 12.8. The number of rotatable bonds is 25. The SMILES string of the molecule is C[N+](C)(C)CCOP(=O)(O)OCCCCCCCCCCCCCCCCCCc1ccc(C2=C3C=CCN3[B-](F)(F)n3cccc32)cc1. The summed E-state index contributed by atoms with van der Waals surface area (Å²) in [4.78, 5) is 11.0. The van der Waals surface area contributed by atoms with Crippen LogP contribution in [0, 0.1) is 0 Å². The molecule has 4 rings (SSSR count). The van der Waals surface area contributed by atoms with Crippen LogP contribution in [0.2, 0.25) is 0 Å². The highest BCUT2D eigenvalue weighted by atomic mass is 31.2. The van der Waals surface area contributed by atoms with Gasteiger partial charge in [0, 0.05) is 23.5 Å². The van der Waals surface area contributed by atoms with Crippen molar-refractivity contribution in [1.82, 2.24) is 9.29 Å². The number of allylic oxidation sites excluding steroid dienone is 1. The van der Waals surface area contributed by atoms with Crippen LogP contribution >= 0.6 is 7.82 Å². The molecule has 49 heavy (non-hydrogen) atoms. The Balaban J connectivity index is 0.941. The molecule has 7 nitrogen and oxygen atoms in total. The minimum absolute atomic E-state index is 0.212. The summed E-state index contributed by atoms with van der Waals surface area (Å²) in [7, 11) is 2.11. The molecule has 0 aliphatic carbocycles. The van der Waals surface area contributed by atoms with Crippen LogP contribution in [-0.2, 0) is 20.0 Å². The van der Waals surface area contributed by atoms with Gasteiger partial charge in [0.05, 0.1) is 27.7 Å². The van der Waals surface area contributed by atoms with Gasteiger partial charge in [-0.1, -0.05) is 120 Å². The Morgan fingerprint density at radius 3 is 1.88 bits per heavy atom. The van der Waals surface area contributed by atoms with Crippen molar-refractivity contribution in [2.45, 2.75) is 109 Å². The zero-order chi connectivity index (χ0) is 35.2. The van der Waals surface area contributed by atoms with Gasteiger partial charge in [-0.25, -0.2) is 4.57 Å². The number of unbranched alkanes of at least 4 members (excludes halogenated alkanes) is 15. The molecule has 2 aliphatic rings. The topological polar surface area (TPSA) is 63.9 Å². The van der Waals surface area contributed by atoms with Gasteiger partial charge in [-0.15, -0.1) is 0 Å². The van der Waals surface area contributed by atoms with E-state index in [-0.39, 0.29) is 19.8 Å². The molecule has 1 N–H and O–H groups in total. The second-order valence-corrected chi connectivity index (χ2v) is 16.4. The Kier molecular flexibility index (Phi) is 15.7. The van der Waals surface area contributed by atoms with Gasteiger partial charge < -0.3 is 27.3 Å². The lowest BCUT2D eigenvalue weighted by molar-refractivity contribution is -0.870. The van der Waals surface area contributed by atoms with Crippen LogP contribution in [0.5, 0.6) is 0 Å². The van der Waals surface area contributed by atoms with E-state index in [2.05, 4.69) is 24.3 Å². The molecule has 3 heterocycles. The number of nitrogens with zero attached hydrogens (tertiary/aromatic N) is 3. The van der Waals surface area contributed by atoms with Crippen LogP contribution in [0.4, 0.5) is 8.63 Å². The minimum Gasteiger partial charge on any atom is -0.466 e. The lowest BCUT2D eigenvalue weighted by Crippen LogP contribution is -2.53. The molecule has 1 unspecified atom stereocenters. The van der Waals surface area contributed by atoms with Crippen LogP contribution in [0.25, 0.3) is 5.57 Å². The number of aromatic nitrogens is 1. The summed E-state index contributed by atoms with van der Waals surface area (Å²) in [5, 5.41) is 0. The quantitative estimate of drug-likeness (QED) is 0.0483. The summed E-state index contributed by atoms with van der Waals surface area (Å²) in [6.07, 6.45) is 26.0. The van der Waals surface area contributed by atoms with E-state index < -0.39 is 14.8 Å². The largest absolute Gasteiger partial charge is 0.529 e. The van der Waals surface area contributed by atoms with Crippen LogP contribution < -0.4 is 0 Å². The van der Waals surface area contributed by atoms with Crippen molar-refractivity contribution in [1.29, 1.82) is 0 Å². The number of quaternary nitrogens is 1. The van der Waals surface area contributed by atoms with Gasteiger partial charge in [0.15, 0.2) is 0 Å². The summed E-state index contributed by atoms with van der Waals surface area (Å²) in [6.45, 7) is -2.41. The van der Waals surface area contributed by atoms with Gasteiger partial charge in [-0.05, 0) is 54.8 Å². The maximum absolute atomic E-state index is 15.1. The molecule has 11 heteroatoms. The molecule has 0 bridgehead atoms. The molecular formula is C38H61BF2N3O4P. The van der Waals surface area contributed by atoms with Crippen molar-refractivity contribution < 1.29 is 31.6 Å². The normalized spacial score (nSPS) is 16.7. The van der Waals surface area contributed by atoms with E-state index >= 15 is 8.63 Å². The minimum atomic E-state index is -3.92. The second kappa shape index (κ2) is 19.4. The van der Waals surface area contributed by atoms with Crippen molar-refractivity contribution in [3.8, 4) is 0 Å². The zero-order valence-electron chi connectivity index (χ0n) is 30.3. The second-order valence-electron chi connectivity index (χ2n) is 15.0. The number of likely N-dealkylation sites (N-methyl/N-ethyl adjacent to an activating group) is 1. The number of hydrogen-bond acceptors (Lipinski definition) is 4. The first kappa shape index (κ1) is 39.6. The highest BCUT2D eigenvalue weighted by Crippen LogP contribution is 2.43. The van der Waals surface area contributed by atoms with E-state index in [1.807, 2.05) is 33.3 Å². The van der Waals surface area contributed by atoms with Crippen LogP contribution in [0.3, 0.4) is 0 Å². The molecule has 0 amide bonds. The molecule has 1 aromatic heterocycles. The number of phosphoric ester groups is 1. The highest BCUT2D eigenvalue weighted by molar-refractivity contribution is 7.47. The van der Waals surface area contributed by atoms with Crippen LogP contribution in [0.15, 0.2) is 60.4 Å². The van der Waals surface area contributed by atoms with Gasteiger partial charge in [-0.2, -0.15) is 0 Å². The number of halogens is 2. The Bertz CT molecular complexity index is 1390. The fourth-order valence-electron chi connectivity index (χ4n) is 6.84. The number of hydrogen-bond donors (Lipinski definition) is 1. The van der Waals surface area contributed by atoms with Gasteiger partial charge in [0.25, 0.3) is 0 Å².